The van der Waals surface area contributed by atoms with Crippen LogP contribution in [-0.2, 0) is 11.2 Å². The van der Waals surface area contributed by atoms with E-state index in [0.29, 0.717) is 6.54 Å². The van der Waals surface area contributed by atoms with Crippen molar-refractivity contribution in [2.75, 3.05) is 13.7 Å². The lowest BCUT2D eigenvalue weighted by molar-refractivity contribution is -0.130. The molecule has 0 radical (unpaired) electrons. The van der Waals surface area contributed by atoms with Crippen molar-refractivity contribution in [3.63, 3.8) is 0 Å². The van der Waals surface area contributed by atoms with Gasteiger partial charge in [-0.3, -0.25) is 4.79 Å². The molecule has 6 nitrogen and oxygen atoms in total. The quantitative estimate of drug-likeness (QED) is 0.542. The summed E-state index contributed by atoms with van der Waals surface area (Å²) >= 11 is 0. The number of hydrogen-bond acceptors (Lipinski definition) is 5. The van der Waals surface area contributed by atoms with Gasteiger partial charge in [0.2, 0.25) is 5.91 Å². The van der Waals surface area contributed by atoms with Gasteiger partial charge in [-0.2, -0.15) is 0 Å². The molecule has 2 aliphatic rings. The summed E-state index contributed by atoms with van der Waals surface area (Å²) in [7, 11) is 1.66. The molecule has 3 N–H and O–H groups in total. The summed E-state index contributed by atoms with van der Waals surface area (Å²) < 4.78 is 5.26. The molecule has 2 aliphatic heterocycles. The summed E-state index contributed by atoms with van der Waals surface area (Å²) in [6, 6.07) is 23.2. The summed E-state index contributed by atoms with van der Waals surface area (Å²) in [5, 5.41) is 10.5. The first-order valence-corrected chi connectivity index (χ1v) is 11.4. The van der Waals surface area contributed by atoms with Gasteiger partial charge in [0.15, 0.2) is 0 Å². The van der Waals surface area contributed by atoms with Gasteiger partial charge in [0, 0.05) is 18.0 Å². The average Bonchev–Trinajstić information content (AvgIpc) is 3.38. The minimum atomic E-state index is -0.350. The van der Waals surface area contributed by atoms with E-state index in [4.69, 9.17) is 4.74 Å². The molecule has 3 aromatic carbocycles. The number of methoxy groups -OCH3 is 1. The fourth-order valence-electron chi connectivity index (χ4n) is 5.17. The Morgan fingerprint density at radius 3 is 2.33 bits per heavy atom. The van der Waals surface area contributed by atoms with E-state index in [2.05, 4.69) is 42.0 Å². The van der Waals surface area contributed by atoms with Crippen molar-refractivity contribution < 1.29 is 14.6 Å². The number of rotatable bonds is 6. The molecule has 0 bridgehead atoms. The van der Waals surface area contributed by atoms with Crippen LogP contribution >= 0.6 is 0 Å². The largest absolute Gasteiger partial charge is 0.508 e. The van der Waals surface area contributed by atoms with Crippen molar-refractivity contribution in [3.8, 4) is 11.5 Å². The Kier molecular flexibility index (Phi) is 5.79. The van der Waals surface area contributed by atoms with Crippen molar-refractivity contribution in [1.29, 1.82) is 0 Å². The number of aryl methyl sites for hydroxylation is 1. The summed E-state index contributed by atoms with van der Waals surface area (Å²) in [6.07, 6.45) is 0.756. The van der Waals surface area contributed by atoms with E-state index < -0.39 is 0 Å². The number of hydrazine groups is 1. The highest BCUT2D eigenvalue weighted by Crippen LogP contribution is 2.48. The number of phenols is 1. The van der Waals surface area contributed by atoms with E-state index in [0.717, 1.165) is 28.9 Å². The molecule has 0 spiro atoms. The highest BCUT2D eigenvalue weighted by molar-refractivity contribution is 5.86. The van der Waals surface area contributed by atoms with Gasteiger partial charge in [-0.15, -0.1) is 0 Å². The van der Waals surface area contributed by atoms with Crippen LogP contribution in [0.2, 0.25) is 0 Å². The highest BCUT2D eigenvalue weighted by Gasteiger charge is 2.55. The van der Waals surface area contributed by atoms with Crippen LogP contribution in [0.5, 0.6) is 11.5 Å². The van der Waals surface area contributed by atoms with Crippen LogP contribution in [0.4, 0.5) is 0 Å². The standard InChI is InChI=1S/C27H29N3O3/c1-17-7-11-19(12-8-17)26-23-24(21-5-3-4-6-22(21)31)28-29-25(23)27(32)30(26)16-15-18-9-13-20(33-2)14-10-18/h3-14,23-26,28-29,31H,15-16H2,1-2H3. The van der Waals surface area contributed by atoms with E-state index in [9.17, 15) is 9.90 Å². The fourth-order valence-corrected chi connectivity index (χ4v) is 5.17. The van der Waals surface area contributed by atoms with Crippen LogP contribution < -0.4 is 15.6 Å². The number of carbonyl (C=O) groups excluding carboxylic acids is 1. The van der Waals surface area contributed by atoms with Crippen LogP contribution in [-0.4, -0.2) is 35.6 Å². The van der Waals surface area contributed by atoms with Gasteiger partial charge in [-0.05, 0) is 42.7 Å². The predicted octanol–water partition coefficient (Wildman–Crippen LogP) is 3.67. The van der Waals surface area contributed by atoms with Gasteiger partial charge in [0.1, 0.15) is 17.5 Å². The maximum Gasteiger partial charge on any atom is 0.242 e. The number of aromatic hydroxyl groups is 1. The molecule has 1 amide bonds. The second kappa shape index (κ2) is 8.89. The van der Waals surface area contributed by atoms with Crippen molar-refractivity contribution in [2.45, 2.75) is 31.5 Å². The average molecular weight is 444 g/mol. The number of nitrogens with zero attached hydrogens (tertiary/aromatic N) is 1. The molecule has 2 fully saturated rings. The number of phenolic OH excluding ortho intramolecular Hbond substituents is 1. The maximum atomic E-state index is 13.6. The summed E-state index contributed by atoms with van der Waals surface area (Å²) in [5.74, 6) is 1.10. The fraction of sp³-hybridized carbons (Fsp3) is 0.296. The van der Waals surface area contributed by atoms with Crippen molar-refractivity contribution in [1.82, 2.24) is 15.8 Å². The highest BCUT2D eigenvalue weighted by atomic mass is 16.5. The number of para-hydroxylation sites is 1. The predicted molar refractivity (Wildman–Crippen MR) is 127 cm³/mol. The van der Waals surface area contributed by atoms with Gasteiger partial charge >= 0.3 is 0 Å². The first kappa shape index (κ1) is 21.5. The molecular weight excluding hydrogens is 414 g/mol. The zero-order valence-electron chi connectivity index (χ0n) is 18.9. The number of ether oxygens (including phenoxy) is 1. The smallest absolute Gasteiger partial charge is 0.242 e. The molecule has 3 aromatic rings. The SMILES string of the molecule is COc1ccc(CCN2C(=O)C3NNC(c4ccccc4O)C3C2c2ccc(C)cc2)cc1. The molecule has 4 unspecified atom stereocenters. The Balaban J connectivity index is 1.48. The zero-order valence-corrected chi connectivity index (χ0v) is 18.9. The number of likely N-dealkylation sites (tertiary alicyclic amines) is 1. The Morgan fingerprint density at radius 1 is 0.939 bits per heavy atom. The monoisotopic (exact) mass is 443 g/mol. The molecule has 33 heavy (non-hydrogen) atoms. The maximum absolute atomic E-state index is 13.6. The van der Waals surface area contributed by atoms with Gasteiger partial charge in [-0.25, -0.2) is 10.9 Å². The molecule has 4 atom stereocenters. The third kappa shape index (κ3) is 3.96. The summed E-state index contributed by atoms with van der Waals surface area (Å²) in [4.78, 5) is 15.6. The first-order valence-electron chi connectivity index (χ1n) is 11.4. The minimum Gasteiger partial charge on any atom is -0.508 e. The topological polar surface area (TPSA) is 73.8 Å². The third-order valence-corrected chi connectivity index (χ3v) is 6.90. The lowest BCUT2D eigenvalue weighted by Gasteiger charge is -2.31. The molecule has 0 aliphatic carbocycles. The zero-order chi connectivity index (χ0) is 22.9. The van der Waals surface area contributed by atoms with Crippen molar-refractivity contribution >= 4 is 5.91 Å². The van der Waals surface area contributed by atoms with Crippen LogP contribution in [0.3, 0.4) is 0 Å². The van der Waals surface area contributed by atoms with Crippen LogP contribution in [0, 0.1) is 12.8 Å². The molecule has 2 heterocycles. The molecule has 5 rings (SSSR count). The van der Waals surface area contributed by atoms with Gasteiger partial charge in [0.05, 0.1) is 19.2 Å². The second-order valence-electron chi connectivity index (χ2n) is 8.87. The molecule has 170 valence electrons. The Hall–Kier alpha value is -3.35. The van der Waals surface area contributed by atoms with Crippen molar-refractivity contribution in [3.05, 3.63) is 95.1 Å². The third-order valence-electron chi connectivity index (χ3n) is 6.90. The summed E-state index contributed by atoms with van der Waals surface area (Å²) in [6.45, 7) is 2.68. The van der Waals surface area contributed by atoms with Gasteiger partial charge in [0.25, 0.3) is 0 Å². The molecule has 6 heteroatoms. The van der Waals surface area contributed by atoms with Crippen LogP contribution in [0.25, 0.3) is 0 Å². The number of hydrogen-bond donors (Lipinski definition) is 3. The van der Waals surface area contributed by atoms with E-state index in [1.807, 2.05) is 47.4 Å². The second-order valence-corrected chi connectivity index (χ2v) is 8.87. The molecule has 0 aromatic heterocycles. The molecular formula is C27H29N3O3. The number of nitrogens with one attached hydrogen (secondary N) is 2. The Bertz CT molecular complexity index is 1130. The lowest BCUT2D eigenvalue weighted by atomic mass is 9.83. The molecule has 2 saturated heterocycles. The number of carbonyl (C=O) groups is 1. The molecule has 0 saturated carbocycles. The van der Waals surface area contributed by atoms with E-state index in [-0.39, 0.29) is 35.7 Å². The van der Waals surface area contributed by atoms with E-state index in [1.54, 1.807) is 13.2 Å². The lowest BCUT2D eigenvalue weighted by Crippen LogP contribution is -2.42. The van der Waals surface area contributed by atoms with Crippen LogP contribution in [0.15, 0.2) is 72.8 Å². The first-order chi connectivity index (χ1) is 16.1. The van der Waals surface area contributed by atoms with E-state index in [1.165, 1.54) is 5.56 Å². The minimum absolute atomic E-state index is 0.0515. The summed E-state index contributed by atoms with van der Waals surface area (Å²) in [5.41, 5.74) is 10.8. The Morgan fingerprint density at radius 2 is 1.64 bits per heavy atom. The number of fused-ring (bicyclic) bond motifs is 1. The van der Waals surface area contributed by atoms with E-state index >= 15 is 0 Å². The number of amides is 1. The normalized spacial score (nSPS) is 24.2. The van der Waals surface area contributed by atoms with Crippen LogP contribution in [0.1, 0.15) is 34.3 Å². The van der Waals surface area contributed by atoms with Crippen molar-refractivity contribution in [2.24, 2.45) is 5.92 Å². The number of benzene rings is 3. The van der Waals surface area contributed by atoms with Gasteiger partial charge in [-0.1, -0.05) is 60.2 Å². The Labute approximate surface area is 194 Å². The van der Waals surface area contributed by atoms with Gasteiger partial charge < -0.3 is 14.7 Å².